The molecule has 0 bridgehead atoms. The predicted molar refractivity (Wildman–Crippen MR) is 53.8 cm³/mol. The molecule has 0 fully saturated rings. The van der Waals surface area contributed by atoms with Gasteiger partial charge < -0.3 is 4.98 Å². The zero-order valence-electron chi connectivity index (χ0n) is 7.25. The molecule has 1 rings (SSSR count). The SMILES string of the molecule is C=C/C=C\C(C)=C\c1ccc[nH]1. The van der Waals surface area contributed by atoms with E-state index in [9.17, 15) is 0 Å². The van der Waals surface area contributed by atoms with Crippen molar-refractivity contribution in [3.63, 3.8) is 0 Å². The molecule has 0 radical (unpaired) electrons. The molecule has 0 atom stereocenters. The molecule has 1 aromatic rings. The van der Waals surface area contributed by atoms with Crippen molar-refractivity contribution in [3.8, 4) is 0 Å². The van der Waals surface area contributed by atoms with Crippen molar-refractivity contribution in [2.45, 2.75) is 6.92 Å². The van der Waals surface area contributed by atoms with Crippen molar-refractivity contribution in [1.29, 1.82) is 0 Å². The second-order valence-corrected chi connectivity index (χ2v) is 2.61. The lowest BCUT2D eigenvalue weighted by Gasteiger charge is -1.89. The summed E-state index contributed by atoms with van der Waals surface area (Å²) in [7, 11) is 0. The van der Waals surface area contributed by atoms with Gasteiger partial charge >= 0.3 is 0 Å². The molecule has 12 heavy (non-hydrogen) atoms. The molecule has 1 nitrogen and oxygen atoms in total. The Bertz CT molecular complexity index is 289. The standard InChI is InChI=1S/C11H13N/c1-3-4-6-10(2)9-11-7-5-8-12-11/h3-9,12H,1H2,2H3/b6-4-,10-9+. The summed E-state index contributed by atoms with van der Waals surface area (Å²) in [5, 5.41) is 0. The Morgan fingerprint density at radius 2 is 2.42 bits per heavy atom. The Hall–Kier alpha value is -1.50. The molecule has 0 unspecified atom stereocenters. The summed E-state index contributed by atoms with van der Waals surface area (Å²) in [6.45, 7) is 5.66. The van der Waals surface area contributed by atoms with Gasteiger partial charge in [0.25, 0.3) is 0 Å². The minimum atomic E-state index is 1.13. The Balaban J connectivity index is 2.69. The summed E-state index contributed by atoms with van der Waals surface area (Å²) in [6.07, 6.45) is 9.71. The van der Waals surface area contributed by atoms with Gasteiger partial charge in [0.2, 0.25) is 0 Å². The van der Waals surface area contributed by atoms with Crippen LogP contribution in [0.4, 0.5) is 0 Å². The topological polar surface area (TPSA) is 15.8 Å². The largest absolute Gasteiger partial charge is 0.362 e. The van der Waals surface area contributed by atoms with Crippen LogP contribution in [-0.2, 0) is 0 Å². The highest BCUT2D eigenvalue weighted by Crippen LogP contribution is 2.04. The van der Waals surface area contributed by atoms with Crippen LogP contribution in [0.5, 0.6) is 0 Å². The van der Waals surface area contributed by atoms with Crippen LogP contribution >= 0.6 is 0 Å². The fourth-order valence-electron chi connectivity index (χ4n) is 0.947. The third-order valence-electron chi connectivity index (χ3n) is 1.50. The van der Waals surface area contributed by atoms with Gasteiger partial charge in [-0.2, -0.15) is 0 Å². The van der Waals surface area contributed by atoms with E-state index < -0.39 is 0 Å². The second kappa shape index (κ2) is 4.39. The van der Waals surface area contributed by atoms with E-state index in [2.05, 4.69) is 24.6 Å². The fourth-order valence-corrected chi connectivity index (χ4v) is 0.947. The van der Waals surface area contributed by atoms with Crippen molar-refractivity contribution in [3.05, 3.63) is 54.4 Å². The summed E-state index contributed by atoms with van der Waals surface area (Å²) >= 11 is 0. The quantitative estimate of drug-likeness (QED) is 0.652. The Labute approximate surface area is 73.1 Å². The molecule has 1 heteroatoms. The maximum absolute atomic E-state index is 3.61. The van der Waals surface area contributed by atoms with E-state index >= 15 is 0 Å². The molecule has 0 amide bonds. The van der Waals surface area contributed by atoms with Gasteiger partial charge in [-0.05, 0) is 30.7 Å². The first-order chi connectivity index (χ1) is 5.83. The highest BCUT2D eigenvalue weighted by Gasteiger charge is 1.85. The number of aromatic nitrogens is 1. The van der Waals surface area contributed by atoms with Gasteiger partial charge in [0.05, 0.1) is 0 Å². The smallest absolute Gasteiger partial charge is 0.0382 e. The van der Waals surface area contributed by atoms with Crippen molar-refractivity contribution in [1.82, 2.24) is 4.98 Å². The number of allylic oxidation sites excluding steroid dienone is 4. The van der Waals surface area contributed by atoms with E-state index in [-0.39, 0.29) is 0 Å². The maximum atomic E-state index is 3.61. The zero-order chi connectivity index (χ0) is 8.81. The first kappa shape index (κ1) is 8.60. The van der Waals surface area contributed by atoms with Crippen LogP contribution in [0.2, 0.25) is 0 Å². The van der Waals surface area contributed by atoms with Crippen molar-refractivity contribution < 1.29 is 0 Å². The summed E-state index contributed by atoms with van der Waals surface area (Å²) in [5.74, 6) is 0. The van der Waals surface area contributed by atoms with E-state index in [1.807, 2.05) is 30.5 Å². The summed E-state index contributed by atoms with van der Waals surface area (Å²) in [4.78, 5) is 3.11. The van der Waals surface area contributed by atoms with Gasteiger partial charge in [-0.15, -0.1) is 0 Å². The maximum Gasteiger partial charge on any atom is 0.0382 e. The molecular formula is C11H13N. The van der Waals surface area contributed by atoms with Crippen LogP contribution in [-0.4, -0.2) is 4.98 Å². The average Bonchev–Trinajstić information content (AvgIpc) is 2.53. The van der Waals surface area contributed by atoms with Gasteiger partial charge in [-0.1, -0.05) is 24.8 Å². The highest BCUT2D eigenvalue weighted by atomic mass is 14.7. The molecule has 0 spiro atoms. The second-order valence-electron chi connectivity index (χ2n) is 2.61. The molecule has 1 aromatic heterocycles. The highest BCUT2D eigenvalue weighted by molar-refractivity contribution is 5.51. The van der Waals surface area contributed by atoms with E-state index in [4.69, 9.17) is 0 Å². The summed E-state index contributed by atoms with van der Waals surface area (Å²) in [6, 6.07) is 4.02. The number of hydrogen-bond donors (Lipinski definition) is 1. The van der Waals surface area contributed by atoms with Gasteiger partial charge in [0.1, 0.15) is 0 Å². The number of hydrogen-bond acceptors (Lipinski definition) is 0. The van der Waals surface area contributed by atoms with Crippen LogP contribution < -0.4 is 0 Å². The molecule has 0 saturated heterocycles. The lowest BCUT2D eigenvalue weighted by molar-refractivity contribution is 1.36. The third-order valence-corrected chi connectivity index (χ3v) is 1.50. The predicted octanol–water partition coefficient (Wildman–Crippen LogP) is 3.16. The van der Waals surface area contributed by atoms with Gasteiger partial charge in [-0.25, -0.2) is 0 Å². The van der Waals surface area contributed by atoms with Gasteiger partial charge in [0, 0.05) is 11.9 Å². The molecule has 0 aliphatic carbocycles. The molecule has 1 N–H and O–H groups in total. The van der Waals surface area contributed by atoms with Crippen molar-refractivity contribution in [2.24, 2.45) is 0 Å². The van der Waals surface area contributed by atoms with Gasteiger partial charge in [0.15, 0.2) is 0 Å². The first-order valence-electron chi connectivity index (χ1n) is 3.93. The normalized spacial score (nSPS) is 12.2. The van der Waals surface area contributed by atoms with E-state index in [1.54, 1.807) is 6.08 Å². The van der Waals surface area contributed by atoms with Crippen LogP contribution in [0.3, 0.4) is 0 Å². The number of H-pyrrole nitrogens is 1. The Kier molecular flexibility index (Phi) is 3.15. The molecule has 0 aromatic carbocycles. The molecule has 1 heterocycles. The van der Waals surface area contributed by atoms with Crippen LogP contribution in [0.1, 0.15) is 12.6 Å². The minimum absolute atomic E-state index is 1.13. The molecular weight excluding hydrogens is 146 g/mol. The lowest BCUT2D eigenvalue weighted by Crippen LogP contribution is -1.71. The Morgan fingerprint density at radius 3 is 3.00 bits per heavy atom. The van der Waals surface area contributed by atoms with E-state index in [1.165, 1.54) is 5.57 Å². The van der Waals surface area contributed by atoms with Crippen molar-refractivity contribution >= 4 is 6.08 Å². The summed E-state index contributed by atoms with van der Waals surface area (Å²) in [5.41, 5.74) is 2.33. The monoisotopic (exact) mass is 159 g/mol. The molecule has 0 aliphatic heterocycles. The van der Waals surface area contributed by atoms with Gasteiger partial charge in [-0.3, -0.25) is 0 Å². The number of rotatable bonds is 3. The third kappa shape index (κ3) is 2.62. The molecule has 0 aliphatic rings. The number of aromatic amines is 1. The Morgan fingerprint density at radius 1 is 1.58 bits per heavy atom. The average molecular weight is 159 g/mol. The van der Waals surface area contributed by atoms with E-state index in [0.29, 0.717) is 0 Å². The molecule has 0 saturated carbocycles. The zero-order valence-corrected chi connectivity index (χ0v) is 7.25. The fraction of sp³-hybridized carbons (Fsp3) is 0.0909. The minimum Gasteiger partial charge on any atom is -0.362 e. The number of nitrogens with one attached hydrogen (secondary N) is 1. The molecule has 62 valence electrons. The van der Waals surface area contributed by atoms with Crippen LogP contribution in [0.25, 0.3) is 6.08 Å². The first-order valence-corrected chi connectivity index (χ1v) is 3.93. The van der Waals surface area contributed by atoms with Crippen LogP contribution in [0, 0.1) is 0 Å². The summed E-state index contributed by atoms with van der Waals surface area (Å²) < 4.78 is 0. The lowest BCUT2D eigenvalue weighted by atomic mass is 10.2. The van der Waals surface area contributed by atoms with Crippen molar-refractivity contribution in [2.75, 3.05) is 0 Å². The van der Waals surface area contributed by atoms with E-state index in [0.717, 1.165) is 5.69 Å². The van der Waals surface area contributed by atoms with Crippen LogP contribution in [0.15, 0.2) is 48.7 Å².